The second-order valence-corrected chi connectivity index (χ2v) is 5.07. The van der Waals surface area contributed by atoms with Gasteiger partial charge in [-0.15, -0.1) is 0 Å². The summed E-state index contributed by atoms with van der Waals surface area (Å²) in [6, 6.07) is 6.38. The van der Waals surface area contributed by atoms with Gasteiger partial charge in [0, 0.05) is 24.8 Å². The normalized spacial score (nSPS) is 19.0. The molecule has 0 radical (unpaired) electrons. The predicted octanol–water partition coefficient (Wildman–Crippen LogP) is 1.99. The van der Waals surface area contributed by atoms with Gasteiger partial charge in [-0.1, -0.05) is 26.3 Å². The molecular weight excluding hydrogens is 212 g/mol. The van der Waals surface area contributed by atoms with Crippen molar-refractivity contribution in [3.63, 3.8) is 0 Å². The molecule has 0 fully saturated rings. The molecule has 1 aromatic rings. The van der Waals surface area contributed by atoms with Crippen molar-refractivity contribution in [3.05, 3.63) is 29.3 Å². The Morgan fingerprint density at radius 1 is 1.35 bits per heavy atom. The highest BCUT2D eigenvalue weighted by Crippen LogP contribution is 2.28. The van der Waals surface area contributed by atoms with E-state index in [9.17, 15) is 5.11 Å². The van der Waals surface area contributed by atoms with E-state index in [0.717, 1.165) is 25.2 Å². The van der Waals surface area contributed by atoms with Crippen LogP contribution in [-0.4, -0.2) is 22.7 Å². The van der Waals surface area contributed by atoms with E-state index in [4.69, 9.17) is 5.73 Å². The van der Waals surface area contributed by atoms with Crippen molar-refractivity contribution in [3.8, 4) is 0 Å². The van der Waals surface area contributed by atoms with Crippen LogP contribution in [-0.2, 0) is 13.1 Å². The highest BCUT2D eigenvalue weighted by Gasteiger charge is 2.28. The van der Waals surface area contributed by atoms with E-state index in [2.05, 4.69) is 30.9 Å². The molecule has 3 N–H and O–H groups in total. The second kappa shape index (κ2) is 5.07. The SMILES string of the molecule is CCC(C)C(CO)N1Cc2ccc(N)cc2C1. The standard InChI is InChI=1S/C14H22N2O/c1-3-10(2)14(9-17)16-7-11-4-5-13(15)6-12(11)8-16/h4-6,10,14,17H,3,7-9,15H2,1-2H3. The first-order valence-corrected chi connectivity index (χ1v) is 6.37. The lowest BCUT2D eigenvalue weighted by molar-refractivity contribution is 0.0820. The summed E-state index contributed by atoms with van der Waals surface area (Å²) in [4.78, 5) is 2.36. The van der Waals surface area contributed by atoms with Gasteiger partial charge < -0.3 is 10.8 Å². The quantitative estimate of drug-likeness (QED) is 0.783. The van der Waals surface area contributed by atoms with Gasteiger partial charge in [0.25, 0.3) is 0 Å². The summed E-state index contributed by atoms with van der Waals surface area (Å²) < 4.78 is 0. The first-order valence-electron chi connectivity index (χ1n) is 6.37. The molecule has 0 saturated carbocycles. The summed E-state index contributed by atoms with van der Waals surface area (Å²) in [5, 5.41) is 9.56. The van der Waals surface area contributed by atoms with Gasteiger partial charge in [0.15, 0.2) is 0 Å². The number of aliphatic hydroxyl groups excluding tert-OH is 1. The van der Waals surface area contributed by atoms with Crippen molar-refractivity contribution in [1.82, 2.24) is 4.90 Å². The Bertz CT molecular complexity index is 392. The van der Waals surface area contributed by atoms with Crippen LogP contribution < -0.4 is 5.73 Å². The maximum Gasteiger partial charge on any atom is 0.0589 e. The summed E-state index contributed by atoms with van der Waals surface area (Å²) in [5.74, 6) is 0.520. The molecule has 94 valence electrons. The third kappa shape index (κ3) is 2.45. The van der Waals surface area contributed by atoms with Crippen LogP contribution in [0.4, 0.5) is 5.69 Å². The van der Waals surface area contributed by atoms with E-state index < -0.39 is 0 Å². The maximum absolute atomic E-state index is 9.56. The maximum atomic E-state index is 9.56. The van der Waals surface area contributed by atoms with Crippen molar-refractivity contribution in [2.24, 2.45) is 5.92 Å². The zero-order valence-electron chi connectivity index (χ0n) is 10.7. The molecule has 17 heavy (non-hydrogen) atoms. The van der Waals surface area contributed by atoms with Gasteiger partial charge in [-0.05, 0) is 29.2 Å². The average Bonchev–Trinajstić information content (AvgIpc) is 2.72. The summed E-state index contributed by atoms with van der Waals surface area (Å²) in [6.45, 7) is 6.46. The number of rotatable bonds is 4. The van der Waals surface area contributed by atoms with Crippen molar-refractivity contribution in [1.29, 1.82) is 0 Å². The molecule has 3 nitrogen and oxygen atoms in total. The lowest BCUT2D eigenvalue weighted by Gasteiger charge is -2.30. The monoisotopic (exact) mass is 234 g/mol. The number of nitrogen functional groups attached to an aromatic ring is 1. The molecule has 2 atom stereocenters. The van der Waals surface area contributed by atoms with Crippen LogP contribution in [0.2, 0.25) is 0 Å². The number of benzene rings is 1. The van der Waals surface area contributed by atoms with Gasteiger partial charge in [-0.25, -0.2) is 0 Å². The fourth-order valence-corrected chi connectivity index (χ4v) is 2.60. The summed E-state index contributed by atoms with van der Waals surface area (Å²) in [5.41, 5.74) is 9.29. The summed E-state index contributed by atoms with van der Waals surface area (Å²) >= 11 is 0. The molecule has 1 heterocycles. The number of nitrogens with zero attached hydrogens (tertiary/aromatic N) is 1. The number of anilines is 1. The Kier molecular flexibility index (Phi) is 3.69. The zero-order valence-corrected chi connectivity index (χ0v) is 10.7. The fourth-order valence-electron chi connectivity index (χ4n) is 2.60. The van der Waals surface area contributed by atoms with Gasteiger partial charge in [-0.2, -0.15) is 0 Å². The third-order valence-electron chi connectivity index (χ3n) is 3.93. The first kappa shape index (κ1) is 12.4. The van der Waals surface area contributed by atoms with Crippen LogP contribution in [0.1, 0.15) is 31.4 Å². The molecule has 3 heteroatoms. The number of nitrogens with two attached hydrogens (primary N) is 1. The van der Waals surface area contributed by atoms with Crippen molar-refractivity contribution >= 4 is 5.69 Å². The van der Waals surface area contributed by atoms with E-state index in [1.165, 1.54) is 11.1 Å². The highest BCUT2D eigenvalue weighted by atomic mass is 16.3. The minimum Gasteiger partial charge on any atom is -0.399 e. The highest BCUT2D eigenvalue weighted by molar-refractivity contribution is 5.46. The smallest absolute Gasteiger partial charge is 0.0589 e. The molecule has 0 spiro atoms. The Morgan fingerprint density at radius 2 is 2.06 bits per heavy atom. The number of aliphatic hydroxyl groups is 1. The van der Waals surface area contributed by atoms with E-state index in [1.807, 2.05) is 6.07 Å². The lowest BCUT2D eigenvalue weighted by atomic mass is 9.98. The van der Waals surface area contributed by atoms with Gasteiger partial charge in [0.05, 0.1) is 6.61 Å². The molecule has 0 bridgehead atoms. The van der Waals surface area contributed by atoms with Crippen LogP contribution in [0.15, 0.2) is 18.2 Å². The molecular formula is C14H22N2O. The average molecular weight is 234 g/mol. The molecule has 0 aromatic heterocycles. The third-order valence-corrected chi connectivity index (χ3v) is 3.93. The number of fused-ring (bicyclic) bond motifs is 1. The zero-order chi connectivity index (χ0) is 12.4. The molecule has 0 amide bonds. The van der Waals surface area contributed by atoms with Gasteiger partial charge >= 0.3 is 0 Å². The second-order valence-electron chi connectivity index (χ2n) is 5.07. The number of hydrogen-bond donors (Lipinski definition) is 2. The molecule has 2 rings (SSSR count). The van der Waals surface area contributed by atoms with E-state index >= 15 is 0 Å². The van der Waals surface area contributed by atoms with Gasteiger partial charge in [0.1, 0.15) is 0 Å². The van der Waals surface area contributed by atoms with Crippen LogP contribution in [0.3, 0.4) is 0 Å². The molecule has 1 aliphatic heterocycles. The van der Waals surface area contributed by atoms with Crippen molar-refractivity contribution in [2.45, 2.75) is 39.4 Å². The Hall–Kier alpha value is -1.06. The van der Waals surface area contributed by atoms with Crippen LogP contribution in [0.25, 0.3) is 0 Å². The molecule has 1 aliphatic rings. The summed E-state index contributed by atoms with van der Waals surface area (Å²) in [7, 11) is 0. The van der Waals surface area contributed by atoms with Crippen LogP contribution in [0, 0.1) is 5.92 Å². The Labute approximate surface area is 103 Å². The Balaban J connectivity index is 2.13. The van der Waals surface area contributed by atoms with E-state index in [-0.39, 0.29) is 12.6 Å². The van der Waals surface area contributed by atoms with Gasteiger partial charge in [0.2, 0.25) is 0 Å². The van der Waals surface area contributed by atoms with Crippen molar-refractivity contribution in [2.75, 3.05) is 12.3 Å². The van der Waals surface area contributed by atoms with Crippen LogP contribution in [0.5, 0.6) is 0 Å². The Morgan fingerprint density at radius 3 is 2.71 bits per heavy atom. The van der Waals surface area contributed by atoms with Gasteiger partial charge in [-0.3, -0.25) is 4.90 Å². The minimum atomic E-state index is 0.235. The lowest BCUT2D eigenvalue weighted by Crippen LogP contribution is -2.38. The molecule has 2 unspecified atom stereocenters. The minimum absolute atomic E-state index is 0.235. The molecule has 0 aliphatic carbocycles. The van der Waals surface area contributed by atoms with E-state index in [0.29, 0.717) is 5.92 Å². The topological polar surface area (TPSA) is 49.5 Å². The molecule has 1 aromatic carbocycles. The number of hydrogen-bond acceptors (Lipinski definition) is 3. The largest absolute Gasteiger partial charge is 0.399 e. The fraction of sp³-hybridized carbons (Fsp3) is 0.571. The molecule has 0 saturated heterocycles. The van der Waals surface area contributed by atoms with Crippen molar-refractivity contribution < 1.29 is 5.11 Å². The van der Waals surface area contributed by atoms with E-state index in [1.54, 1.807) is 0 Å². The first-order chi connectivity index (χ1) is 8.15. The predicted molar refractivity (Wildman–Crippen MR) is 70.4 cm³/mol. The summed E-state index contributed by atoms with van der Waals surface area (Å²) in [6.07, 6.45) is 1.10. The van der Waals surface area contributed by atoms with Crippen LogP contribution >= 0.6 is 0 Å².